The molecule has 0 radical (unpaired) electrons. The van der Waals surface area contributed by atoms with E-state index in [1.807, 2.05) is 30.5 Å². The van der Waals surface area contributed by atoms with Crippen LogP contribution in [0.3, 0.4) is 0 Å². The molecule has 2 heterocycles. The predicted octanol–water partition coefficient (Wildman–Crippen LogP) is 3.60. The molecular formula is C15H14N4O2. The van der Waals surface area contributed by atoms with Crippen molar-refractivity contribution in [3.63, 3.8) is 0 Å². The number of nitro groups is 1. The Labute approximate surface area is 121 Å². The van der Waals surface area contributed by atoms with Gasteiger partial charge in [0.05, 0.1) is 21.8 Å². The van der Waals surface area contributed by atoms with Gasteiger partial charge in [-0.1, -0.05) is 12.1 Å². The Balaban J connectivity index is 2.12. The number of rotatable bonds is 3. The van der Waals surface area contributed by atoms with Gasteiger partial charge in [-0.15, -0.1) is 0 Å². The Hall–Kier alpha value is -2.89. The number of aromatic nitrogens is 2. The zero-order valence-corrected chi connectivity index (χ0v) is 11.7. The van der Waals surface area contributed by atoms with Crippen molar-refractivity contribution >= 4 is 22.6 Å². The van der Waals surface area contributed by atoms with Crippen molar-refractivity contribution in [2.75, 3.05) is 5.32 Å². The molecule has 0 unspecified atom stereocenters. The van der Waals surface area contributed by atoms with Crippen LogP contribution in [0.4, 0.5) is 17.1 Å². The van der Waals surface area contributed by atoms with E-state index in [1.165, 1.54) is 6.07 Å². The van der Waals surface area contributed by atoms with Gasteiger partial charge in [0.2, 0.25) is 0 Å². The van der Waals surface area contributed by atoms with Gasteiger partial charge in [0.25, 0.3) is 5.69 Å². The van der Waals surface area contributed by atoms with E-state index in [2.05, 4.69) is 10.4 Å². The van der Waals surface area contributed by atoms with E-state index in [0.717, 1.165) is 22.5 Å². The topological polar surface area (TPSA) is 72.5 Å². The molecule has 0 saturated carbocycles. The predicted molar refractivity (Wildman–Crippen MR) is 81.0 cm³/mol. The molecule has 3 aromatic rings. The molecule has 0 atom stereocenters. The molecule has 21 heavy (non-hydrogen) atoms. The lowest BCUT2D eigenvalue weighted by atomic mass is 10.1. The molecule has 3 rings (SSSR count). The van der Waals surface area contributed by atoms with Gasteiger partial charge in [-0.2, -0.15) is 5.10 Å². The lowest BCUT2D eigenvalue weighted by Gasteiger charge is -2.14. The fourth-order valence-corrected chi connectivity index (χ4v) is 2.45. The molecular weight excluding hydrogens is 268 g/mol. The zero-order valence-electron chi connectivity index (χ0n) is 11.7. The van der Waals surface area contributed by atoms with Crippen molar-refractivity contribution < 1.29 is 4.92 Å². The first kappa shape index (κ1) is 13.1. The smallest absolute Gasteiger partial charge is 0.292 e. The molecule has 0 amide bonds. The van der Waals surface area contributed by atoms with Gasteiger partial charge in [-0.05, 0) is 37.6 Å². The summed E-state index contributed by atoms with van der Waals surface area (Å²) in [5, 5.41) is 18.5. The van der Waals surface area contributed by atoms with Crippen LogP contribution in [0.25, 0.3) is 5.52 Å². The summed E-state index contributed by atoms with van der Waals surface area (Å²) in [5.74, 6) is 0. The van der Waals surface area contributed by atoms with E-state index < -0.39 is 0 Å². The molecule has 6 nitrogen and oxygen atoms in total. The molecule has 0 fully saturated rings. The van der Waals surface area contributed by atoms with Gasteiger partial charge in [0.15, 0.2) is 0 Å². The van der Waals surface area contributed by atoms with Gasteiger partial charge in [-0.25, -0.2) is 4.52 Å². The van der Waals surface area contributed by atoms with E-state index in [9.17, 15) is 10.1 Å². The van der Waals surface area contributed by atoms with Crippen LogP contribution in [0.15, 0.2) is 42.6 Å². The molecule has 106 valence electrons. The zero-order chi connectivity index (χ0) is 15.0. The van der Waals surface area contributed by atoms with E-state index in [0.29, 0.717) is 5.69 Å². The fourth-order valence-electron chi connectivity index (χ4n) is 2.45. The van der Waals surface area contributed by atoms with Crippen LogP contribution in [0.1, 0.15) is 11.3 Å². The number of fused-ring (bicyclic) bond motifs is 1. The molecule has 0 aliphatic heterocycles. The fraction of sp³-hybridized carbons (Fsp3) is 0.133. The minimum absolute atomic E-state index is 0.0527. The highest BCUT2D eigenvalue weighted by Crippen LogP contribution is 2.31. The summed E-state index contributed by atoms with van der Waals surface area (Å²) in [4.78, 5) is 10.7. The van der Waals surface area contributed by atoms with Crippen molar-refractivity contribution in [2.24, 2.45) is 0 Å². The molecule has 1 aromatic carbocycles. The maximum atomic E-state index is 11.1. The number of anilines is 2. The summed E-state index contributed by atoms with van der Waals surface area (Å²) in [6.07, 6.45) is 1.73. The molecule has 0 bridgehead atoms. The number of benzene rings is 1. The van der Waals surface area contributed by atoms with Gasteiger partial charge < -0.3 is 5.32 Å². The summed E-state index contributed by atoms with van der Waals surface area (Å²) in [5.41, 5.74) is 4.28. The molecule has 1 N–H and O–H groups in total. The number of pyridine rings is 1. The standard InChI is InChI=1S/C15H14N4O2/c1-10-9-12-7-8-16-18(12)11(2)15(10)17-13-5-3-4-6-14(13)19(20)21/h3-9,17H,1-2H3. The van der Waals surface area contributed by atoms with Crippen LogP contribution in [0.5, 0.6) is 0 Å². The molecule has 0 aliphatic carbocycles. The van der Waals surface area contributed by atoms with E-state index >= 15 is 0 Å². The second-order valence-corrected chi connectivity index (χ2v) is 4.85. The van der Waals surface area contributed by atoms with Crippen LogP contribution < -0.4 is 5.32 Å². The van der Waals surface area contributed by atoms with E-state index in [4.69, 9.17) is 0 Å². The second-order valence-electron chi connectivity index (χ2n) is 4.85. The Kier molecular flexibility index (Phi) is 3.06. The van der Waals surface area contributed by atoms with Crippen LogP contribution in [-0.4, -0.2) is 14.5 Å². The van der Waals surface area contributed by atoms with Crippen molar-refractivity contribution in [3.05, 3.63) is 64.0 Å². The average molecular weight is 282 g/mol. The monoisotopic (exact) mass is 282 g/mol. The maximum Gasteiger partial charge on any atom is 0.292 e. The highest BCUT2D eigenvalue weighted by Gasteiger charge is 2.15. The number of hydrogen-bond donors (Lipinski definition) is 1. The maximum absolute atomic E-state index is 11.1. The summed E-state index contributed by atoms with van der Waals surface area (Å²) in [7, 11) is 0. The van der Waals surface area contributed by atoms with Crippen molar-refractivity contribution in [3.8, 4) is 0 Å². The molecule has 6 heteroatoms. The van der Waals surface area contributed by atoms with Gasteiger partial charge >= 0.3 is 0 Å². The number of nitrogens with zero attached hydrogens (tertiary/aromatic N) is 3. The summed E-state index contributed by atoms with van der Waals surface area (Å²) >= 11 is 0. The lowest BCUT2D eigenvalue weighted by Crippen LogP contribution is -2.04. The van der Waals surface area contributed by atoms with Crippen LogP contribution in [0, 0.1) is 24.0 Å². The minimum Gasteiger partial charge on any atom is -0.348 e. The SMILES string of the molecule is Cc1cc2ccnn2c(C)c1Nc1ccccc1[N+](=O)[O-]. The van der Waals surface area contributed by atoms with Gasteiger partial charge in [-0.3, -0.25) is 10.1 Å². The van der Waals surface area contributed by atoms with Crippen LogP contribution in [0.2, 0.25) is 0 Å². The highest BCUT2D eigenvalue weighted by atomic mass is 16.6. The minimum atomic E-state index is -0.389. The Morgan fingerprint density at radius 3 is 2.76 bits per heavy atom. The Morgan fingerprint density at radius 1 is 1.24 bits per heavy atom. The Morgan fingerprint density at radius 2 is 2.00 bits per heavy atom. The summed E-state index contributed by atoms with van der Waals surface area (Å²) in [6, 6.07) is 10.5. The van der Waals surface area contributed by atoms with Crippen LogP contribution in [-0.2, 0) is 0 Å². The molecule has 0 aliphatic rings. The third-order valence-electron chi connectivity index (χ3n) is 3.47. The highest BCUT2D eigenvalue weighted by molar-refractivity contribution is 5.74. The number of nitro benzene ring substituents is 1. The first-order valence-corrected chi connectivity index (χ1v) is 6.52. The number of para-hydroxylation sites is 2. The first-order chi connectivity index (χ1) is 10.1. The average Bonchev–Trinajstić information content (AvgIpc) is 2.92. The second kappa shape index (κ2) is 4.90. The quantitative estimate of drug-likeness (QED) is 0.588. The normalized spacial score (nSPS) is 10.8. The number of nitrogens with one attached hydrogen (secondary N) is 1. The summed E-state index contributed by atoms with van der Waals surface area (Å²) < 4.78 is 1.81. The van der Waals surface area contributed by atoms with Gasteiger partial charge in [0, 0.05) is 12.3 Å². The Bertz CT molecular complexity index is 839. The van der Waals surface area contributed by atoms with Crippen molar-refractivity contribution in [1.82, 2.24) is 9.61 Å². The van der Waals surface area contributed by atoms with Crippen molar-refractivity contribution in [1.29, 1.82) is 0 Å². The number of aryl methyl sites for hydroxylation is 2. The van der Waals surface area contributed by atoms with Crippen molar-refractivity contribution in [2.45, 2.75) is 13.8 Å². The molecule has 2 aromatic heterocycles. The lowest BCUT2D eigenvalue weighted by molar-refractivity contribution is -0.383. The third-order valence-corrected chi connectivity index (χ3v) is 3.47. The molecule has 0 spiro atoms. The van der Waals surface area contributed by atoms with Crippen LogP contribution >= 0.6 is 0 Å². The first-order valence-electron chi connectivity index (χ1n) is 6.52. The third kappa shape index (κ3) is 2.20. The van der Waals surface area contributed by atoms with E-state index in [-0.39, 0.29) is 10.6 Å². The molecule has 0 saturated heterocycles. The number of hydrogen-bond acceptors (Lipinski definition) is 4. The van der Waals surface area contributed by atoms with E-state index in [1.54, 1.807) is 24.4 Å². The largest absolute Gasteiger partial charge is 0.348 e. The summed E-state index contributed by atoms with van der Waals surface area (Å²) in [6.45, 7) is 3.90. The van der Waals surface area contributed by atoms with Gasteiger partial charge in [0.1, 0.15) is 5.69 Å².